The molecule has 0 saturated heterocycles. The van der Waals surface area contributed by atoms with Gasteiger partial charge in [-0.3, -0.25) is 9.59 Å². The molecule has 0 aliphatic carbocycles. The maximum absolute atomic E-state index is 11.5. The highest BCUT2D eigenvalue weighted by molar-refractivity contribution is 5.80. The molecular weight excluding hydrogens is 354 g/mol. The minimum atomic E-state index is -0.964. The van der Waals surface area contributed by atoms with Crippen molar-refractivity contribution < 1.29 is 19.4 Å². The Bertz CT molecular complexity index is 819. The Labute approximate surface area is 166 Å². The van der Waals surface area contributed by atoms with Crippen LogP contribution in [0, 0.1) is 6.92 Å². The first-order chi connectivity index (χ1) is 13.1. The van der Waals surface area contributed by atoms with Crippen LogP contribution in [-0.2, 0) is 21.4 Å². The van der Waals surface area contributed by atoms with E-state index in [1.807, 2.05) is 31.2 Å². The molecule has 0 atom stereocenters. The number of carbonyl (C=O) groups is 2. The molecule has 0 radical (unpaired) electrons. The van der Waals surface area contributed by atoms with E-state index in [1.54, 1.807) is 0 Å². The molecule has 0 bridgehead atoms. The Balaban J connectivity index is 1.94. The van der Waals surface area contributed by atoms with Crippen LogP contribution in [0.3, 0.4) is 0 Å². The summed E-state index contributed by atoms with van der Waals surface area (Å²) < 4.78 is 6.14. The van der Waals surface area contributed by atoms with Crippen LogP contribution in [0.15, 0.2) is 42.5 Å². The van der Waals surface area contributed by atoms with Gasteiger partial charge >= 0.3 is 5.97 Å². The minimum Gasteiger partial charge on any atom is -0.481 e. The largest absolute Gasteiger partial charge is 0.481 e. The molecule has 0 unspecified atom stereocenters. The van der Waals surface area contributed by atoms with E-state index < -0.39 is 5.97 Å². The van der Waals surface area contributed by atoms with Gasteiger partial charge in [-0.25, -0.2) is 0 Å². The zero-order chi connectivity index (χ0) is 20.7. The third kappa shape index (κ3) is 6.72. The molecule has 150 valence electrons. The van der Waals surface area contributed by atoms with Gasteiger partial charge in [-0.2, -0.15) is 0 Å². The van der Waals surface area contributed by atoms with Crippen molar-refractivity contribution >= 4 is 11.9 Å². The van der Waals surface area contributed by atoms with Gasteiger partial charge in [0.1, 0.15) is 11.5 Å². The third-order valence-electron chi connectivity index (χ3n) is 4.40. The van der Waals surface area contributed by atoms with E-state index >= 15 is 0 Å². The fraction of sp³-hybridized carbons (Fsp3) is 0.391. The zero-order valence-corrected chi connectivity index (χ0v) is 17.0. The maximum Gasteiger partial charge on any atom is 0.303 e. The van der Waals surface area contributed by atoms with Crippen molar-refractivity contribution in [1.82, 2.24) is 5.32 Å². The molecule has 2 N–H and O–H groups in total. The predicted molar refractivity (Wildman–Crippen MR) is 110 cm³/mol. The minimum absolute atomic E-state index is 0.00864. The van der Waals surface area contributed by atoms with Crippen LogP contribution in [0.2, 0.25) is 0 Å². The molecule has 0 spiro atoms. The summed E-state index contributed by atoms with van der Waals surface area (Å²) in [5, 5.41) is 11.3. The number of amides is 1. The summed E-state index contributed by atoms with van der Waals surface area (Å²) in [6.07, 6.45) is 0.541. The van der Waals surface area contributed by atoms with Crippen LogP contribution < -0.4 is 10.1 Å². The van der Waals surface area contributed by atoms with E-state index in [0.717, 1.165) is 28.2 Å². The lowest BCUT2D eigenvalue weighted by Gasteiger charge is -2.23. The van der Waals surface area contributed by atoms with Gasteiger partial charge in [-0.15, -0.1) is 0 Å². The molecule has 0 aliphatic heterocycles. The van der Waals surface area contributed by atoms with E-state index in [2.05, 4.69) is 44.3 Å². The number of aryl methyl sites for hydroxylation is 1. The number of benzene rings is 2. The lowest BCUT2D eigenvalue weighted by molar-refractivity contribution is -0.138. The number of carboxylic acids is 1. The van der Waals surface area contributed by atoms with Crippen LogP contribution in [0.4, 0.5) is 0 Å². The summed E-state index contributed by atoms with van der Waals surface area (Å²) in [5.41, 5.74) is 3.37. The smallest absolute Gasteiger partial charge is 0.303 e. The van der Waals surface area contributed by atoms with E-state index in [9.17, 15) is 9.59 Å². The van der Waals surface area contributed by atoms with E-state index in [0.29, 0.717) is 13.0 Å². The first-order valence-corrected chi connectivity index (χ1v) is 9.51. The van der Waals surface area contributed by atoms with E-state index in [1.165, 1.54) is 0 Å². The van der Waals surface area contributed by atoms with Crippen LogP contribution in [0.1, 0.15) is 50.3 Å². The number of carbonyl (C=O) groups excluding carboxylic acids is 1. The summed E-state index contributed by atoms with van der Waals surface area (Å²) in [6, 6.07) is 14.1. The van der Waals surface area contributed by atoms with Crippen molar-refractivity contribution in [3.05, 3.63) is 59.2 Å². The fourth-order valence-electron chi connectivity index (χ4n) is 2.84. The number of hydrogen-bond acceptors (Lipinski definition) is 3. The summed E-state index contributed by atoms with van der Waals surface area (Å²) in [7, 11) is 0. The zero-order valence-electron chi connectivity index (χ0n) is 17.0. The third-order valence-corrected chi connectivity index (χ3v) is 4.40. The first-order valence-electron chi connectivity index (χ1n) is 9.51. The Hall–Kier alpha value is -2.82. The number of rotatable bonds is 8. The van der Waals surface area contributed by atoms with Crippen LogP contribution in [-0.4, -0.2) is 23.5 Å². The second-order valence-electron chi connectivity index (χ2n) is 7.99. The van der Waals surface area contributed by atoms with Crippen LogP contribution in [0.25, 0.3) is 0 Å². The lowest BCUT2D eigenvalue weighted by atomic mass is 9.86. The average molecular weight is 383 g/mol. The predicted octanol–water partition coefficient (Wildman–Crippen LogP) is 4.61. The molecule has 0 aliphatic rings. The molecule has 2 aromatic carbocycles. The average Bonchev–Trinajstić information content (AvgIpc) is 2.60. The number of carboxylic acid groups (broad SMARTS) is 1. The molecule has 0 heterocycles. The number of hydrogen-bond donors (Lipinski definition) is 2. The molecule has 0 fully saturated rings. The first kappa shape index (κ1) is 21.5. The van der Waals surface area contributed by atoms with Gasteiger partial charge in [0, 0.05) is 18.5 Å². The topological polar surface area (TPSA) is 75.6 Å². The highest BCUT2D eigenvalue weighted by atomic mass is 16.5. The molecule has 5 nitrogen and oxygen atoms in total. The highest BCUT2D eigenvalue weighted by Gasteiger charge is 2.19. The van der Waals surface area contributed by atoms with Gasteiger partial charge in [0.2, 0.25) is 5.91 Å². The number of aliphatic carboxylic acids is 1. The van der Waals surface area contributed by atoms with Crippen molar-refractivity contribution in [2.75, 3.05) is 6.54 Å². The summed E-state index contributed by atoms with van der Waals surface area (Å²) in [5.74, 6) is 0.432. The number of nitrogens with one attached hydrogen (secondary N) is 1. The second kappa shape index (κ2) is 9.40. The Morgan fingerprint density at radius 2 is 1.71 bits per heavy atom. The monoisotopic (exact) mass is 383 g/mol. The lowest BCUT2D eigenvalue weighted by Crippen LogP contribution is -2.25. The van der Waals surface area contributed by atoms with Crippen molar-refractivity contribution in [3.63, 3.8) is 0 Å². The number of ether oxygens (including phenoxy) is 1. The second-order valence-corrected chi connectivity index (χ2v) is 7.99. The molecule has 0 aromatic heterocycles. The van der Waals surface area contributed by atoms with Crippen molar-refractivity contribution in [1.29, 1.82) is 0 Å². The Morgan fingerprint density at radius 3 is 2.32 bits per heavy atom. The van der Waals surface area contributed by atoms with E-state index in [4.69, 9.17) is 9.84 Å². The molecule has 1 amide bonds. The fourth-order valence-corrected chi connectivity index (χ4v) is 2.84. The Morgan fingerprint density at radius 1 is 1.04 bits per heavy atom. The Kier molecular flexibility index (Phi) is 7.21. The maximum atomic E-state index is 11.5. The molecule has 2 aromatic rings. The van der Waals surface area contributed by atoms with Crippen molar-refractivity contribution in [2.24, 2.45) is 0 Å². The molecule has 0 saturated carbocycles. The van der Waals surface area contributed by atoms with Crippen molar-refractivity contribution in [3.8, 4) is 11.5 Å². The van der Waals surface area contributed by atoms with Gasteiger partial charge in [-0.05, 0) is 48.1 Å². The normalized spacial score (nSPS) is 11.1. The van der Waals surface area contributed by atoms with Gasteiger partial charge in [-0.1, -0.05) is 45.0 Å². The van der Waals surface area contributed by atoms with Crippen molar-refractivity contribution in [2.45, 2.75) is 52.4 Å². The van der Waals surface area contributed by atoms with Crippen LogP contribution >= 0.6 is 0 Å². The SMILES string of the molecule is Cc1ccc(C(C)(C)C)c(Oc2ccc(CCNC(=O)CCC(=O)O)cc2)c1. The highest BCUT2D eigenvalue weighted by Crippen LogP contribution is 2.34. The summed E-state index contributed by atoms with van der Waals surface area (Å²) in [4.78, 5) is 22.0. The van der Waals surface area contributed by atoms with Gasteiger partial charge < -0.3 is 15.2 Å². The van der Waals surface area contributed by atoms with Crippen LogP contribution in [0.5, 0.6) is 11.5 Å². The molecule has 28 heavy (non-hydrogen) atoms. The van der Waals surface area contributed by atoms with Gasteiger partial charge in [0.25, 0.3) is 0 Å². The molecular formula is C23H29NO4. The van der Waals surface area contributed by atoms with Gasteiger partial charge in [0.15, 0.2) is 0 Å². The standard InChI is InChI=1S/C23H29NO4/c1-16-5-10-19(23(2,3)4)20(15-16)28-18-8-6-17(7-9-18)13-14-24-21(25)11-12-22(26)27/h5-10,15H,11-14H2,1-4H3,(H,24,25)(H,26,27). The molecule has 5 heteroatoms. The quantitative estimate of drug-likeness (QED) is 0.698. The van der Waals surface area contributed by atoms with E-state index in [-0.39, 0.29) is 24.2 Å². The molecule has 2 rings (SSSR count). The summed E-state index contributed by atoms with van der Waals surface area (Å²) >= 11 is 0. The summed E-state index contributed by atoms with van der Waals surface area (Å²) in [6.45, 7) is 9.02. The van der Waals surface area contributed by atoms with Gasteiger partial charge in [0.05, 0.1) is 6.42 Å².